The molecule has 1 nitrogen and oxygen atoms in total. The molecule has 0 radical (unpaired) electrons. The average Bonchev–Trinajstić information content (AvgIpc) is 2.26. The van der Waals surface area contributed by atoms with Crippen LogP contribution in [0.4, 0.5) is 5.69 Å². The smallest absolute Gasteiger partial charge is 0.0467 e. The minimum Gasteiger partial charge on any atom is -0.398 e. The average molecular weight is 278 g/mol. The van der Waals surface area contributed by atoms with Gasteiger partial charge in [0.25, 0.3) is 0 Å². The van der Waals surface area contributed by atoms with Crippen molar-refractivity contribution in [3.05, 3.63) is 58.1 Å². The van der Waals surface area contributed by atoms with Crippen LogP contribution in [0.1, 0.15) is 16.7 Å². The molecule has 2 N–H and O–H groups in total. The first-order valence-electron chi connectivity index (χ1n) is 5.79. The lowest BCUT2D eigenvalue weighted by Crippen LogP contribution is -1.90. The van der Waals surface area contributed by atoms with E-state index in [0.717, 1.165) is 16.3 Å². The molecule has 0 aliphatic rings. The minimum absolute atomic E-state index is 0.684. The van der Waals surface area contributed by atoms with Crippen LogP contribution in [0.3, 0.4) is 0 Å². The van der Waals surface area contributed by atoms with E-state index in [1.807, 2.05) is 12.1 Å². The van der Waals surface area contributed by atoms with Crippen LogP contribution in [0.15, 0.2) is 41.3 Å². The van der Waals surface area contributed by atoms with E-state index in [0.29, 0.717) is 5.02 Å². The van der Waals surface area contributed by atoms with E-state index >= 15 is 0 Å². The molecule has 0 saturated heterocycles. The van der Waals surface area contributed by atoms with Crippen LogP contribution in [0.5, 0.6) is 0 Å². The highest BCUT2D eigenvalue weighted by Crippen LogP contribution is 2.30. The quantitative estimate of drug-likeness (QED) is 0.642. The molecule has 2 aromatic carbocycles. The maximum atomic E-state index is 5.94. The van der Waals surface area contributed by atoms with E-state index in [9.17, 15) is 0 Å². The second-order valence-corrected chi connectivity index (χ2v) is 5.92. The number of nitrogen functional groups attached to an aromatic ring is 1. The Balaban J connectivity index is 2.11. The molecule has 0 fully saturated rings. The fourth-order valence-corrected chi connectivity index (χ4v) is 3.02. The summed E-state index contributed by atoms with van der Waals surface area (Å²) >= 11 is 7.63. The number of nitrogens with two attached hydrogens (primary N) is 1. The second kappa shape index (κ2) is 5.68. The maximum Gasteiger partial charge on any atom is 0.0467 e. The summed E-state index contributed by atoms with van der Waals surface area (Å²) in [6.45, 7) is 4.25. The van der Waals surface area contributed by atoms with Gasteiger partial charge in [-0.3, -0.25) is 0 Å². The van der Waals surface area contributed by atoms with Crippen molar-refractivity contribution in [2.75, 3.05) is 5.73 Å². The van der Waals surface area contributed by atoms with Gasteiger partial charge in [-0.05, 0) is 37.6 Å². The normalized spacial score (nSPS) is 10.6. The van der Waals surface area contributed by atoms with Crippen LogP contribution in [-0.2, 0) is 5.75 Å². The topological polar surface area (TPSA) is 26.0 Å². The van der Waals surface area contributed by atoms with Gasteiger partial charge in [-0.15, -0.1) is 11.8 Å². The van der Waals surface area contributed by atoms with Crippen molar-refractivity contribution in [3.63, 3.8) is 0 Å². The van der Waals surface area contributed by atoms with Gasteiger partial charge in [0.2, 0.25) is 0 Å². The number of halogens is 1. The van der Waals surface area contributed by atoms with E-state index in [2.05, 4.69) is 32.0 Å². The molecule has 0 unspecified atom stereocenters. The fraction of sp³-hybridized carbons (Fsp3) is 0.200. The Morgan fingerprint density at radius 3 is 2.33 bits per heavy atom. The molecule has 2 aromatic rings. The van der Waals surface area contributed by atoms with Gasteiger partial charge in [0, 0.05) is 21.4 Å². The van der Waals surface area contributed by atoms with E-state index in [4.69, 9.17) is 17.3 Å². The Bertz CT molecular complexity index is 546. The Morgan fingerprint density at radius 1 is 1.06 bits per heavy atom. The third-order valence-corrected chi connectivity index (χ3v) is 4.04. The molecule has 3 heteroatoms. The van der Waals surface area contributed by atoms with Gasteiger partial charge in [-0.25, -0.2) is 0 Å². The van der Waals surface area contributed by atoms with Crippen molar-refractivity contribution in [2.24, 2.45) is 0 Å². The Morgan fingerprint density at radius 2 is 1.72 bits per heavy atom. The van der Waals surface area contributed by atoms with Crippen molar-refractivity contribution < 1.29 is 0 Å². The number of hydrogen-bond acceptors (Lipinski definition) is 2. The number of rotatable bonds is 3. The van der Waals surface area contributed by atoms with Crippen LogP contribution in [0.25, 0.3) is 0 Å². The zero-order valence-corrected chi connectivity index (χ0v) is 12.1. The highest BCUT2D eigenvalue weighted by atomic mass is 35.5. The van der Waals surface area contributed by atoms with Crippen molar-refractivity contribution in [1.29, 1.82) is 0 Å². The molecule has 0 aliphatic heterocycles. The number of benzene rings is 2. The highest BCUT2D eigenvalue weighted by molar-refractivity contribution is 7.98. The molecular weight excluding hydrogens is 262 g/mol. The Labute approximate surface area is 117 Å². The molecule has 94 valence electrons. The maximum absolute atomic E-state index is 5.94. The zero-order valence-electron chi connectivity index (χ0n) is 10.5. The van der Waals surface area contributed by atoms with Gasteiger partial charge in [0.15, 0.2) is 0 Å². The highest BCUT2D eigenvalue weighted by Gasteiger charge is 2.02. The summed E-state index contributed by atoms with van der Waals surface area (Å²) in [6, 6.07) is 12.3. The second-order valence-electron chi connectivity index (χ2n) is 4.47. The van der Waals surface area contributed by atoms with Crippen LogP contribution in [-0.4, -0.2) is 0 Å². The largest absolute Gasteiger partial charge is 0.398 e. The molecule has 0 heterocycles. The monoisotopic (exact) mass is 277 g/mol. The minimum atomic E-state index is 0.684. The first-order valence-corrected chi connectivity index (χ1v) is 7.16. The summed E-state index contributed by atoms with van der Waals surface area (Å²) in [7, 11) is 0. The Hall–Kier alpha value is -1.12. The number of thioether (sulfide) groups is 1. The van der Waals surface area contributed by atoms with Crippen molar-refractivity contribution in [2.45, 2.75) is 24.5 Å². The number of anilines is 1. The van der Waals surface area contributed by atoms with Crippen LogP contribution in [0, 0.1) is 13.8 Å². The van der Waals surface area contributed by atoms with E-state index < -0.39 is 0 Å². The van der Waals surface area contributed by atoms with Gasteiger partial charge in [-0.2, -0.15) is 0 Å². The lowest BCUT2D eigenvalue weighted by molar-refractivity contribution is 1.29. The van der Waals surface area contributed by atoms with Crippen LogP contribution in [0.2, 0.25) is 5.02 Å². The summed E-state index contributed by atoms with van der Waals surface area (Å²) in [5.41, 5.74) is 10.6. The van der Waals surface area contributed by atoms with E-state index in [1.165, 1.54) is 16.7 Å². The van der Waals surface area contributed by atoms with E-state index in [1.54, 1.807) is 17.8 Å². The molecule has 18 heavy (non-hydrogen) atoms. The standard InChI is InChI=1S/C15H16ClNS/c1-10-5-11(2)7-12(6-10)9-18-15-4-3-13(16)8-14(15)17/h3-8H,9,17H2,1-2H3. The zero-order chi connectivity index (χ0) is 13.1. The molecule has 0 amide bonds. The predicted octanol–water partition coefficient (Wildman–Crippen LogP) is 4.83. The van der Waals surface area contributed by atoms with Gasteiger partial charge in [0.05, 0.1) is 0 Å². The number of hydrogen-bond donors (Lipinski definition) is 1. The van der Waals surface area contributed by atoms with Crippen LogP contribution < -0.4 is 5.73 Å². The SMILES string of the molecule is Cc1cc(C)cc(CSc2ccc(Cl)cc2N)c1. The fourth-order valence-electron chi connectivity index (χ4n) is 1.96. The van der Waals surface area contributed by atoms with Gasteiger partial charge >= 0.3 is 0 Å². The molecule has 2 rings (SSSR count). The summed E-state index contributed by atoms with van der Waals surface area (Å²) in [4.78, 5) is 1.08. The molecule has 0 aliphatic carbocycles. The van der Waals surface area contributed by atoms with Crippen molar-refractivity contribution in [3.8, 4) is 0 Å². The van der Waals surface area contributed by atoms with Gasteiger partial charge in [-0.1, -0.05) is 40.9 Å². The van der Waals surface area contributed by atoms with Gasteiger partial charge in [0.1, 0.15) is 0 Å². The van der Waals surface area contributed by atoms with Crippen LogP contribution >= 0.6 is 23.4 Å². The number of aryl methyl sites for hydroxylation is 2. The first kappa shape index (κ1) is 13.3. The molecule has 0 spiro atoms. The summed E-state index contributed by atoms with van der Waals surface area (Å²) in [5.74, 6) is 0.925. The van der Waals surface area contributed by atoms with Gasteiger partial charge < -0.3 is 5.73 Å². The summed E-state index contributed by atoms with van der Waals surface area (Å²) in [5, 5.41) is 0.684. The van der Waals surface area contributed by atoms with Crippen molar-refractivity contribution >= 4 is 29.1 Å². The summed E-state index contributed by atoms with van der Waals surface area (Å²) < 4.78 is 0. The molecule has 0 bridgehead atoms. The lowest BCUT2D eigenvalue weighted by atomic mass is 10.1. The first-order chi connectivity index (χ1) is 8.54. The molecule has 0 atom stereocenters. The third kappa shape index (κ3) is 3.44. The third-order valence-electron chi connectivity index (χ3n) is 2.65. The Kier molecular flexibility index (Phi) is 4.20. The van der Waals surface area contributed by atoms with E-state index in [-0.39, 0.29) is 0 Å². The lowest BCUT2D eigenvalue weighted by Gasteiger charge is -2.07. The molecule has 0 aromatic heterocycles. The molecular formula is C15H16ClNS. The predicted molar refractivity (Wildman–Crippen MR) is 81.3 cm³/mol. The summed E-state index contributed by atoms with van der Waals surface area (Å²) in [6.07, 6.45) is 0. The van der Waals surface area contributed by atoms with Crippen molar-refractivity contribution in [1.82, 2.24) is 0 Å². The molecule has 0 saturated carbocycles.